The van der Waals surface area contributed by atoms with E-state index in [9.17, 15) is 10.2 Å². The minimum absolute atomic E-state index is 0. The van der Waals surface area contributed by atoms with E-state index >= 15 is 0 Å². The summed E-state index contributed by atoms with van der Waals surface area (Å²) in [7, 11) is 0. The highest BCUT2D eigenvalue weighted by molar-refractivity contribution is 6.32. The molecule has 3 nitrogen and oxygen atoms in total. The zero-order chi connectivity index (χ0) is 11.0. The molecular formula is C11H15Cl2NO2. The molecule has 1 aliphatic rings. The monoisotopic (exact) mass is 263 g/mol. The minimum atomic E-state index is -0.509. The number of halogens is 2. The molecule has 1 fully saturated rings. The Bertz CT molecular complexity index is 369. The fourth-order valence-corrected chi connectivity index (χ4v) is 1.85. The third kappa shape index (κ3) is 2.80. The molecule has 0 saturated heterocycles. The molecular weight excluding hydrogens is 249 g/mol. The topological polar surface area (TPSA) is 66.5 Å². The van der Waals surface area contributed by atoms with Gasteiger partial charge in [-0.25, -0.2) is 0 Å². The lowest BCUT2D eigenvalue weighted by Crippen LogP contribution is -2.27. The van der Waals surface area contributed by atoms with Gasteiger partial charge in [-0.15, -0.1) is 12.4 Å². The zero-order valence-electron chi connectivity index (χ0n) is 8.64. The first-order chi connectivity index (χ1) is 7.09. The van der Waals surface area contributed by atoms with Gasteiger partial charge in [0.25, 0.3) is 0 Å². The fraction of sp³-hybridized carbons (Fsp3) is 0.455. The lowest BCUT2D eigenvalue weighted by atomic mass is 9.99. The van der Waals surface area contributed by atoms with Crippen molar-refractivity contribution < 1.29 is 10.2 Å². The normalized spacial score (nSPS) is 18.7. The third-order valence-electron chi connectivity index (χ3n) is 2.83. The summed E-state index contributed by atoms with van der Waals surface area (Å²) >= 11 is 5.77. The van der Waals surface area contributed by atoms with Crippen LogP contribution in [0.15, 0.2) is 18.2 Å². The van der Waals surface area contributed by atoms with Crippen molar-refractivity contribution in [3.63, 3.8) is 0 Å². The summed E-state index contributed by atoms with van der Waals surface area (Å²) in [4.78, 5) is 0. The first kappa shape index (κ1) is 13.6. The summed E-state index contributed by atoms with van der Waals surface area (Å²) in [6.07, 6.45) is 1.58. The summed E-state index contributed by atoms with van der Waals surface area (Å²) in [5.74, 6) is 0.362. The van der Waals surface area contributed by atoms with Gasteiger partial charge in [-0.2, -0.15) is 0 Å². The van der Waals surface area contributed by atoms with Crippen molar-refractivity contribution in [3.8, 4) is 5.75 Å². The third-order valence-corrected chi connectivity index (χ3v) is 3.13. The molecule has 1 aromatic rings. The standard InChI is InChI=1S/C11H14ClNO2.ClH/c12-8-5-7(3-4-9(8)14)10(13)11(15)6-1-2-6;/h3-6,10-11,14-15H,1-2,13H2;1H/t10-,11+;/m1./s1. The highest BCUT2D eigenvalue weighted by Gasteiger charge is 2.34. The lowest BCUT2D eigenvalue weighted by molar-refractivity contribution is 0.122. The predicted octanol–water partition coefficient (Wildman–Crippen LogP) is 2.24. The van der Waals surface area contributed by atoms with Crippen LogP contribution < -0.4 is 5.73 Å². The largest absolute Gasteiger partial charge is 0.506 e. The van der Waals surface area contributed by atoms with Crippen LogP contribution in [0.5, 0.6) is 5.75 Å². The van der Waals surface area contributed by atoms with Gasteiger partial charge in [-0.1, -0.05) is 17.7 Å². The van der Waals surface area contributed by atoms with Gasteiger partial charge < -0.3 is 15.9 Å². The van der Waals surface area contributed by atoms with Gasteiger partial charge in [-0.3, -0.25) is 0 Å². The maximum absolute atomic E-state index is 9.84. The average Bonchev–Trinajstić information content (AvgIpc) is 3.03. The van der Waals surface area contributed by atoms with Crippen molar-refractivity contribution in [1.82, 2.24) is 0 Å². The van der Waals surface area contributed by atoms with Crippen LogP contribution >= 0.6 is 24.0 Å². The maximum Gasteiger partial charge on any atom is 0.134 e. The number of benzene rings is 1. The van der Waals surface area contributed by atoms with E-state index < -0.39 is 12.1 Å². The van der Waals surface area contributed by atoms with Gasteiger partial charge in [0.1, 0.15) is 5.75 Å². The van der Waals surface area contributed by atoms with Crippen molar-refractivity contribution in [2.24, 2.45) is 11.7 Å². The Morgan fingerprint density at radius 2 is 2.00 bits per heavy atom. The number of rotatable bonds is 3. The Balaban J connectivity index is 0.00000128. The van der Waals surface area contributed by atoms with Crippen LogP contribution in [0.2, 0.25) is 5.02 Å². The lowest BCUT2D eigenvalue weighted by Gasteiger charge is -2.19. The predicted molar refractivity (Wildman–Crippen MR) is 66.0 cm³/mol. The molecule has 1 aliphatic carbocycles. The second-order valence-electron chi connectivity index (χ2n) is 4.06. The summed E-state index contributed by atoms with van der Waals surface area (Å²) in [6, 6.07) is 4.37. The van der Waals surface area contributed by atoms with Crippen molar-refractivity contribution in [2.45, 2.75) is 25.0 Å². The van der Waals surface area contributed by atoms with Crippen LogP contribution in [-0.4, -0.2) is 16.3 Å². The molecule has 1 saturated carbocycles. The van der Waals surface area contributed by atoms with Gasteiger partial charge in [0, 0.05) is 0 Å². The first-order valence-corrected chi connectivity index (χ1v) is 5.39. The molecule has 0 radical (unpaired) electrons. The second kappa shape index (κ2) is 5.23. The van der Waals surface area contributed by atoms with Crippen LogP contribution in [0.1, 0.15) is 24.4 Å². The molecule has 90 valence electrons. The van der Waals surface area contributed by atoms with E-state index in [2.05, 4.69) is 0 Å². The highest BCUT2D eigenvalue weighted by Crippen LogP contribution is 2.38. The van der Waals surface area contributed by atoms with Crippen molar-refractivity contribution >= 4 is 24.0 Å². The van der Waals surface area contributed by atoms with Crippen LogP contribution in [-0.2, 0) is 0 Å². The van der Waals surface area contributed by atoms with Crippen LogP contribution in [0, 0.1) is 5.92 Å². The molecule has 2 rings (SSSR count). The molecule has 0 heterocycles. The molecule has 0 spiro atoms. The Morgan fingerprint density at radius 1 is 1.38 bits per heavy atom. The molecule has 0 bridgehead atoms. The number of phenolic OH excluding ortho intramolecular Hbond substituents is 1. The SMILES string of the molecule is Cl.N[C@H](c1ccc(O)c(Cl)c1)[C@@H](O)C1CC1. The Hall–Kier alpha value is -0.480. The van der Waals surface area contributed by atoms with Crippen LogP contribution in [0.3, 0.4) is 0 Å². The highest BCUT2D eigenvalue weighted by atomic mass is 35.5. The molecule has 0 unspecified atom stereocenters. The Kier molecular flexibility index (Phi) is 4.44. The Labute approximate surface area is 106 Å². The molecule has 2 atom stereocenters. The minimum Gasteiger partial charge on any atom is -0.506 e. The van der Waals surface area contributed by atoms with Gasteiger partial charge in [0.15, 0.2) is 0 Å². The van der Waals surface area contributed by atoms with Crippen LogP contribution in [0.25, 0.3) is 0 Å². The van der Waals surface area contributed by atoms with Crippen LogP contribution in [0.4, 0.5) is 0 Å². The number of aliphatic hydroxyl groups is 1. The van der Waals surface area contributed by atoms with E-state index in [-0.39, 0.29) is 23.2 Å². The van der Waals surface area contributed by atoms with E-state index in [1.165, 1.54) is 6.07 Å². The summed E-state index contributed by atoms with van der Waals surface area (Å²) in [5.41, 5.74) is 6.67. The molecule has 1 aromatic carbocycles. The number of aromatic hydroxyl groups is 1. The van der Waals surface area contributed by atoms with E-state index in [4.69, 9.17) is 17.3 Å². The molecule has 0 aliphatic heterocycles. The van der Waals surface area contributed by atoms with E-state index in [0.717, 1.165) is 18.4 Å². The van der Waals surface area contributed by atoms with Gasteiger partial charge in [-0.05, 0) is 36.5 Å². The average molecular weight is 264 g/mol. The van der Waals surface area contributed by atoms with E-state index in [0.29, 0.717) is 5.92 Å². The summed E-state index contributed by atoms with van der Waals surface area (Å²) in [6.45, 7) is 0. The van der Waals surface area contributed by atoms with E-state index in [1.54, 1.807) is 12.1 Å². The number of aliphatic hydroxyl groups excluding tert-OH is 1. The second-order valence-corrected chi connectivity index (χ2v) is 4.47. The number of hydrogen-bond acceptors (Lipinski definition) is 3. The first-order valence-electron chi connectivity index (χ1n) is 5.01. The number of nitrogens with two attached hydrogens (primary N) is 1. The quantitative estimate of drug-likeness (QED) is 0.784. The number of phenols is 1. The number of hydrogen-bond donors (Lipinski definition) is 3. The molecule has 0 aromatic heterocycles. The van der Waals surface area contributed by atoms with Gasteiger partial charge >= 0.3 is 0 Å². The van der Waals surface area contributed by atoms with Crippen molar-refractivity contribution in [3.05, 3.63) is 28.8 Å². The molecule has 0 amide bonds. The molecule has 5 heteroatoms. The maximum atomic E-state index is 9.84. The summed E-state index contributed by atoms with van der Waals surface area (Å²) in [5, 5.41) is 19.4. The van der Waals surface area contributed by atoms with E-state index in [1.807, 2.05) is 0 Å². The Morgan fingerprint density at radius 3 is 2.50 bits per heavy atom. The van der Waals surface area contributed by atoms with Gasteiger partial charge in [0.05, 0.1) is 17.2 Å². The fourth-order valence-electron chi connectivity index (χ4n) is 1.66. The van der Waals surface area contributed by atoms with Gasteiger partial charge in [0.2, 0.25) is 0 Å². The zero-order valence-corrected chi connectivity index (χ0v) is 10.2. The molecule has 4 N–H and O–H groups in total. The van der Waals surface area contributed by atoms with Crippen molar-refractivity contribution in [1.29, 1.82) is 0 Å². The smallest absolute Gasteiger partial charge is 0.134 e. The summed E-state index contributed by atoms with van der Waals surface area (Å²) < 4.78 is 0. The molecule has 16 heavy (non-hydrogen) atoms. The van der Waals surface area contributed by atoms with Crippen molar-refractivity contribution in [2.75, 3.05) is 0 Å².